The van der Waals surface area contributed by atoms with Crippen LogP contribution in [0.25, 0.3) is 5.69 Å². The van der Waals surface area contributed by atoms with Gasteiger partial charge in [0.2, 0.25) is 0 Å². The monoisotopic (exact) mass is 268 g/mol. The minimum atomic E-state index is 0.0784. The number of para-hydroxylation sites is 1. The van der Waals surface area contributed by atoms with Crippen LogP contribution in [0.3, 0.4) is 0 Å². The molecule has 20 heavy (non-hydrogen) atoms. The van der Waals surface area contributed by atoms with Crippen molar-refractivity contribution in [2.24, 2.45) is 5.92 Å². The Balaban J connectivity index is 1.67. The van der Waals surface area contributed by atoms with E-state index < -0.39 is 0 Å². The quantitative estimate of drug-likeness (QED) is 0.859. The van der Waals surface area contributed by atoms with Crippen LogP contribution in [-0.2, 0) is 0 Å². The maximum absolute atomic E-state index is 12.8. The Morgan fingerprint density at radius 1 is 1.25 bits per heavy atom. The molecule has 2 bridgehead atoms. The molecular formula is C15H16N4O. The van der Waals surface area contributed by atoms with Crippen molar-refractivity contribution in [3.63, 3.8) is 0 Å². The van der Waals surface area contributed by atoms with E-state index in [2.05, 4.69) is 15.6 Å². The molecule has 0 amide bonds. The Kier molecular flexibility index (Phi) is 2.67. The number of ketones is 1. The molecule has 0 spiro atoms. The summed E-state index contributed by atoms with van der Waals surface area (Å²) < 4.78 is 1.65. The number of hydrogen-bond donors (Lipinski definition) is 1. The molecule has 2 aliphatic rings. The number of carbonyl (C=O) groups is 1. The first-order valence-electron chi connectivity index (χ1n) is 7.09. The summed E-state index contributed by atoms with van der Waals surface area (Å²) in [5, 5.41) is 11.5. The topological polar surface area (TPSA) is 59.8 Å². The SMILES string of the molecule is O=C(c1cnnn1-c1ccccc1)C1CC2CCC1N2. The van der Waals surface area contributed by atoms with Crippen molar-refractivity contribution in [3.8, 4) is 5.69 Å². The number of aromatic nitrogens is 3. The third-order valence-corrected chi connectivity index (χ3v) is 4.44. The van der Waals surface area contributed by atoms with E-state index in [9.17, 15) is 4.79 Å². The van der Waals surface area contributed by atoms with Crippen LogP contribution in [-0.4, -0.2) is 32.9 Å². The summed E-state index contributed by atoms with van der Waals surface area (Å²) in [7, 11) is 0. The minimum Gasteiger partial charge on any atom is -0.310 e. The molecular weight excluding hydrogens is 252 g/mol. The van der Waals surface area contributed by atoms with Crippen LogP contribution in [0.4, 0.5) is 0 Å². The van der Waals surface area contributed by atoms with Crippen LogP contribution in [0.5, 0.6) is 0 Å². The standard InChI is InChI=1S/C15H16N4O/c20-15(12-8-10-6-7-13(12)17-10)14-9-16-18-19(14)11-4-2-1-3-5-11/h1-5,9-10,12-13,17H,6-8H2. The highest BCUT2D eigenvalue weighted by molar-refractivity contribution is 5.97. The van der Waals surface area contributed by atoms with Crippen molar-refractivity contribution < 1.29 is 4.79 Å². The van der Waals surface area contributed by atoms with E-state index in [4.69, 9.17) is 0 Å². The Morgan fingerprint density at radius 2 is 2.10 bits per heavy atom. The smallest absolute Gasteiger partial charge is 0.187 e. The zero-order valence-corrected chi connectivity index (χ0v) is 11.1. The number of hydrogen-bond acceptors (Lipinski definition) is 4. The van der Waals surface area contributed by atoms with Crippen LogP contribution in [0.2, 0.25) is 0 Å². The number of fused-ring (bicyclic) bond motifs is 2. The van der Waals surface area contributed by atoms with Gasteiger partial charge >= 0.3 is 0 Å². The van der Waals surface area contributed by atoms with Gasteiger partial charge in [-0.25, -0.2) is 4.68 Å². The Bertz CT molecular complexity index is 636. The molecule has 102 valence electrons. The fourth-order valence-electron chi connectivity index (χ4n) is 3.47. The number of nitrogens with zero attached hydrogens (tertiary/aromatic N) is 3. The fourth-order valence-corrected chi connectivity index (χ4v) is 3.47. The molecule has 1 aromatic carbocycles. The van der Waals surface area contributed by atoms with Crippen molar-refractivity contribution in [1.29, 1.82) is 0 Å². The first kappa shape index (κ1) is 11.8. The molecule has 0 aliphatic carbocycles. The molecule has 1 N–H and O–H groups in total. The highest BCUT2D eigenvalue weighted by Crippen LogP contribution is 2.35. The first-order valence-corrected chi connectivity index (χ1v) is 7.09. The zero-order valence-electron chi connectivity index (χ0n) is 11.1. The predicted molar refractivity (Wildman–Crippen MR) is 73.7 cm³/mol. The van der Waals surface area contributed by atoms with E-state index in [0.29, 0.717) is 17.8 Å². The largest absolute Gasteiger partial charge is 0.310 e. The summed E-state index contributed by atoms with van der Waals surface area (Å²) >= 11 is 0. The highest BCUT2D eigenvalue weighted by Gasteiger charge is 2.43. The van der Waals surface area contributed by atoms with Gasteiger partial charge in [0.15, 0.2) is 5.78 Å². The maximum Gasteiger partial charge on any atom is 0.187 e. The van der Waals surface area contributed by atoms with Crippen LogP contribution < -0.4 is 5.32 Å². The number of benzene rings is 1. The minimum absolute atomic E-state index is 0.0784. The average molecular weight is 268 g/mol. The molecule has 5 nitrogen and oxygen atoms in total. The van der Waals surface area contributed by atoms with Gasteiger partial charge < -0.3 is 5.32 Å². The summed E-state index contributed by atoms with van der Waals surface area (Å²) in [6, 6.07) is 10.5. The lowest BCUT2D eigenvalue weighted by Gasteiger charge is -2.18. The summed E-state index contributed by atoms with van der Waals surface area (Å²) in [4.78, 5) is 12.8. The van der Waals surface area contributed by atoms with Crippen LogP contribution in [0.1, 0.15) is 29.8 Å². The van der Waals surface area contributed by atoms with Gasteiger partial charge in [0, 0.05) is 18.0 Å². The lowest BCUT2D eigenvalue weighted by atomic mass is 9.85. The van der Waals surface area contributed by atoms with E-state index in [1.807, 2.05) is 30.3 Å². The van der Waals surface area contributed by atoms with Gasteiger partial charge in [0.25, 0.3) is 0 Å². The van der Waals surface area contributed by atoms with E-state index in [0.717, 1.165) is 18.5 Å². The Labute approximate surface area is 117 Å². The van der Waals surface area contributed by atoms with Gasteiger partial charge in [-0.3, -0.25) is 4.79 Å². The van der Waals surface area contributed by atoms with Crippen LogP contribution >= 0.6 is 0 Å². The molecule has 0 radical (unpaired) electrons. The molecule has 2 aliphatic heterocycles. The summed E-state index contributed by atoms with van der Waals surface area (Å²) in [6.07, 6.45) is 4.84. The normalized spacial score (nSPS) is 27.9. The molecule has 3 unspecified atom stereocenters. The predicted octanol–water partition coefficient (Wildman–Crippen LogP) is 1.59. The second-order valence-corrected chi connectivity index (χ2v) is 5.62. The molecule has 3 atom stereocenters. The Morgan fingerprint density at radius 3 is 2.80 bits per heavy atom. The average Bonchev–Trinajstić information content (AvgIpc) is 3.23. The van der Waals surface area contributed by atoms with Crippen molar-refractivity contribution in [2.75, 3.05) is 0 Å². The Hall–Kier alpha value is -2.01. The fraction of sp³-hybridized carbons (Fsp3) is 0.400. The zero-order chi connectivity index (χ0) is 13.5. The molecule has 5 heteroatoms. The van der Waals surface area contributed by atoms with Crippen LogP contribution in [0.15, 0.2) is 36.5 Å². The van der Waals surface area contributed by atoms with Gasteiger partial charge in [0.05, 0.1) is 11.9 Å². The van der Waals surface area contributed by atoms with E-state index >= 15 is 0 Å². The molecule has 3 heterocycles. The number of Topliss-reactive ketones (excluding diaryl/α,β-unsaturated/α-hetero) is 1. The van der Waals surface area contributed by atoms with Crippen molar-refractivity contribution in [1.82, 2.24) is 20.3 Å². The summed E-state index contributed by atoms with van der Waals surface area (Å²) in [6.45, 7) is 0. The van der Waals surface area contributed by atoms with Crippen LogP contribution in [0, 0.1) is 5.92 Å². The lowest BCUT2D eigenvalue weighted by Crippen LogP contribution is -2.30. The molecule has 0 saturated carbocycles. The van der Waals surface area contributed by atoms with E-state index in [-0.39, 0.29) is 11.7 Å². The summed E-state index contributed by atoms with van der Waals surface area (Å²) in [5.41, 5.74) is 1.47. The molecule has 2 saturated heterocycles. The van der Waals surface area contributed by atoms with Gasteiger partial charge in [-0.05, 0) is 31.4 Å². The first-order chi connectivity index (χ1) is 9.83. The van der Waals surface area contributed by atoms with E-state index in [1.54, 1.807) is 10.9 Å². The maximum atomic E-state index is 12.8. The van der Waals surface area contributed by atoms with Crippen molar-refractivity contribution >= 4 is 5.78 Å². The van der Waals surface area contributed by atoms with Crippen molar-refractivity contribution in [2.45, 2.75) is 31.3 Å². The van der Waals surface area contributed by atoms with Gasteiger partial charge in [-0.1, -0.05) is 23.4 Å². The second kappa shape index (κ2) is 4.52. The number of carbonyl (C=O) groups excluding carboxylic acids is 1. The highest BCUT2D eigenvalue weighted by atomic mass is 16.1. The third kappa shape index (κ3) is 1.78. The number of rotatable bonds is 3. The molecule has 4 rings (SSSR count). The van der Waals surface area contributed by atoms with Gasteiger partial charge in [-0.2, -0.15) is 0 Å². The molecule has 2 fully saturated rings. The third-order valence-electron chi connectivity index (χ3n) is 4.44. The lowest BCUT2D eigenvalue weighted by molar-refractivity contribution is 0.0892. The number of nitrogens with one attached hydrogen (secondary N) is 1. The van der Waals surface area contributed by atoms with Crippen molar-refractivity contribution in [3.05, 3.63) is 42.2 Å². The van der Waals surface area contributed by atoms with Gasteiger partial charge in [-0.15, -0.1) is 5.10 Å². The van der Waals surface area contributed by atoms with E-state index in [1.165, 1.54) is 6.42 Å². The molecule has 2 aromatic rings. The summed E-state index contributed by atoms with van der Waals surface area (Å²) in [5.74, 6) is 0.244. The van der Waals surface area contributed by atoms with Gasteiger partial charge in [0.1, 0.15) is 5.69 Å². The second-order valence-electron chi connectivity index (χ2n) is 5.62. The molecule has 1 aromatic heterocycles.